The largest absolute Gasteiger partial charge is 0.276 e. The van der Waals surface area contributed by atoms with Gasteiger partial charge in [0, 0.05) is 5.56 Å². The van der Waals surface area contributed by atoms with Gasteiger partial charge in [0.15, 0.2) is 0 Å². The van der Waals surface area contributed by atoms with Gasteiger partial charge in [-0.1, -0.05) is 53.4 Å². The fourth-order valence-electron chi connectivity index (χ4n) is 3.61. The maximum absolute atomic E-state index is 12.2. The predicted octanol–water partition coefficient (Wildman–Crippen LogP) is 7.44. The Balaban J connectivity index is 3.49. The van der Waals surface area contributed by atoms with Gasteiger partial charge in [-0.3, -0.25) is 4.79 Å². The number of hydrogen-bond donors (Lipinski definition) is 0. The molecule has 0 saturated heterocycles. The second-order valence-electron chi connectivity index (χ2n) is 7.21. The number of hydrogen-bond acceptors (Lipinski definition) is 1. The molecule has 0 aliphatic heterocycles. The lowest BCUT2D eigenvalue weighted by Gasteiger charge is -2.22. The highest BCUT2D eigenvalue weighted by Gasteiger charge is 2.20. The van der Waals surface area contributed by atoms with Gasteiger partial charge >= 0.3 is 0 Å². The van der Waals surface area contributed by atoms with Crippen LogP contribution in [0.25, 0.3) is 0 Å². The molecule has 0 atom stereocenters. The van der Waals surface area contributed by atoms with Crippen molar-refractivity contribution in [2.75, 3.05) is 0 Å². The van der Waals surface area contributed by atoms with Gasteiger partial charge in [-0.25, -0.2) is 0 Å². The molecule has 0 amide bonds. The van der Waals surface area contributed by atoms with Crippen LogP contribution in [0.4, 0.5) is 0 Å². The first kappa shape index (κ1) is 22.2. The smallest absolute Gasteiger partial charge is 0.252 e. The maximum Gasteiger partial charge on any atom is 0.252 e. The van der Waals surface area contributed by atoms with Gasteiger partial charge in [0.1, 0.15) is 0 Å². The Hall–Kier alpha value is -0.820. The van der Waals surface area contributed by atoms with E-state index in [4.69, 9.17) is 11.6 Å². The molecule has 25 heavy (non-hydrogen) atoms. The van der Waals surface area contributed by atoms with Crippen LogP contribution < -0.4 is 0 Å². The topological polar surface area (TPSA) is 17.1 Å². The van der Waals surface area contributed by atoms with Gasteiger partial charge < -0.3 is 0 Å². The summed E-state index contributed by atoms with van der Waals surface area (Å²) in [5.41, 5.74) is 6.41. The number of benzene rings is 1. The average Bonchev–Trinajstić information content (AvgIpc) is 2.61. The SMILES string of the molecule is CCCCc1cc(C(=O)Cl)c(CCCC)c(CCCC)c1CCCC. The van der Waals surface area contributed by atoms with E-state index in [-0.39, 0.29) is 5.24 Å². The summed E-state index contributed by atoms with van der Waals surface area (Å²) in [5, 5.41) is -0.274. The van der Waals surface area contributed by atoms with Crippen LogP contribution in [0.5, 0.6) is 0 Å². The lowest BCUT2D eigenvalue weighted by molar-refractivity contribution is 0.108. The van der Waals surface area contributed by atoms with Crippen LogP contribution in [0, 0.1) is 0 Å². The van der Waals surface area contributed by atoms with Gasteiger partial charge in [0.2, 0.25) is 0 Å². The number of rotatable bonds is 13. The summed E-state index contributed by atoms with van der Waals surface area (Å²) in [4.78, 5) is 12.2. The van der Waals surface area contributed by atoms with Gasteiger partial charge in [-0.05, 0) is 91.3 Å². The van der Waals surface area contributed by atoms with Crippen molar-refractivity contribution in [1.82, 2.24) is 0 Å². The van der Waals surface area contributed by atoms with Gasteiger partial charge in [-0.15, -0.1) is 0 Å². The van der Waals surface area contributed by atoms with Crippen LogP contribution in [0.2, 0.25) is 0 Å². The molecule has 0 heterocycles. The molecule has 0 aromatic heterocycles. The number of unbranched alkanes of at least 4 members (excludes halogenated alkanes) is 4. The minimum absolute atomic E-state index is 0.274. The molecule has 1 nitrogen and oxygen atoms in total. The molecule has 0 N–H and O–H groups in total. The lowest BCUT2D eigenvalue weighted by Crippen LogP contribution is -2.11. The average molecular weight is 365 g/mol. The van der Waals surface area contributed by atoms with Gasteiger partial charge in [0.25, 0.3) is 5.24 Å². The number of carbonyl (C=O) groups is 1. The minimum atomic E-state index is -0.274. The fourth-order valence-corrected chi connectivity index (χ4v) is 3.78. The zero-order valence-electron chi connectivity index (χ0n) is 16.8. The second kappa shape index (κ2) is 12.5. The third kappa shape index (κ3) is 6.77. The number of carbonyl (C=O) groups excluding carboxylic acids is 1. The standard InChI is InChI=1S/C23H37ClO/c1-5-9-13-18-17-22(23(24)25)21(16-12-8-4)20(15-11-7-3)19(18)14-10-6-2/h17H,5-16H2,1-4H3. The number of halogens is 1. The summed E-state index contributed by atoms with van der Waals surface area (Å²) in [6.07, 6.45) is 13.7. The maximum atomic E-state index is 12.2. The molecule has 2 heteroatoms. The lowest BCUT2D eigenvalue weighted by atomic mass is 9.83. The first-order valence-electron chi connectivity index (χ1n) is 10.5. The van der Waals surface area contributed by atoms with Crippen molar-refractivity contribution in [3.05, 3.63) is 33.9 Å². The summed E-state index contributed by atoms with van der Waals surface area (Å²) in [7, 11) is 0. The molecule has 0 aliphatic carbocycles. The molecular weight excluding hydrogens is 328 g/mol. The van der Waals surface area contributed by atoms with Crippen LogP contribution in [0.1, 0.15) is 112 Å². The first-order valence-corrected chi connectivity index (χ1v) is 10.8. The molecule has 0 spiro atoms. The van der Waals surface area contributed by atoms with Gasteiger partial charge in [-0.2, -0.15) is 0 Å². The number of aryl methyl sites for hydroxylation is 1. The zero-order valence-corrected chi connectivity index (χ0v) is 17.6. The van der Waals surface area contributed by atoms with Crippen molar-refractivity contribution in [2.24, 2.45) is 0 Å². The van der Waals surface area contributed by atoms with E-state index < -0.39 is 0 Å². The highest BCUT2D eigenvalue weighted by atomic mass is 35.5. The Bertz CT molecular complexity index is 533. The van der Waals surface area contributed by atoms with Crippen LogP contribution in [0.3, 0.4) is 0 Å². The van der Waals surface area contributed by atoms with Crippen LogP contribution >= 0.6 is 11.6 Å². The van der Waals surface area contributed by atoms with Crippen molar-refractivity contribution in [3.8, 4) is 0 Å². The summed E-state index contributed by atoms with van der Waals surface area (Å²) >= 11 is 6.02. The zero-order chi connectivity index (χ0) is 18.7. The van der Waals surface area contributed by atoms with E-state index in [1.165, 1.54) is 60.8 Å². The fraction of sp³-hybridized carbons (Fsp3) is 0.696. The monoisotopic (exact) mass is 364 g/mol. The molecule has 142 valence electrons. The quantitative estimate of drug-likeness (QED) is 0.332. The third-order valence-corrected chi connectivity index (χ3v) is 5.32. The predicted molar refractivity (Wildman–Crippen MR) is 111 cm³/mol. The third-order valence-electron chi connectivity index (χ3n) is 5.11. The van der Waals surface area contributed by atoms with Gasteiger partial charge in [0.05, 0.1) is 0 Å². The summed E-state index contributed by atoms with van der Waals surface area (Å²) in [6.45, 7) is 8.94. The van der Waals surface area contributed by atoms with E-state index >= 15 is 0 Å². The summed E-state index contributed by atoms with van der Waals surface area (Å²) in [6, 6.07) is 2.14. The van der Waals surface area contributed by atoms with Crippen LogP contribution in [0.15, 0.2) is 6.07 Å². The molecular formula is C23H37ClO. The molecule has 0 unspecified atom stereocenters. The van der Waals surface area contributed by atoms with Crippen molar-refractivity contribution < 1.29 is 4.79 Å². The Kier molecular flexibility index (Phi) is 11.1. The van der Waals surface area contributed by atoms with Crippen LogP contribution in [-0.2, 0) is 25.7 Å². The Morgan fingerprint density at radius 2 is 1.16 bits per heavy atom. The van der Waals surface area contributed by atoms with E-state index in [9.17, 15) is 4.79 Å². The molecule has 1 aromatic rings. The van der Waals surface area contributed by atoms with E-state index in [0.29, 0.717) is 0 Å². The highest BCUT2D eigenvalue weighted by molar-refractivity contribution is 6.68. The van der Waals surface area contributed by atoms with E-state index in [0.717, 1.165) is 44.1 Å². The van der Waals surface area contributed by atoms with Crippen molar-refractivity contribution in [3.63, 3.8) is 0 Å². The second-order valence-corrected chi connectivity index (χ2v) is 7.55. The normalized spacial score (nSPS) is 11.1. The molecule has 0 saturated carbocycles. The van der Waals surface area contributed by atoms with Crippen molar-refractivity contribution in [2.45, 2.75) is 105 Å². The van der Waals surface area contributed by atoms with Crippen molar-refractivity contribution in [1.29, 1.82) is 0 Å². The molecule has 1 aromatic carbocycles. The molecule has 0 aliphatic rings. The highest BCUT2D eigenvalue weighted by Crippen LogP contribution is 2.30. The van der Waals surface area contributed by atoms with Crippen molar-refractivity contribution >= 4 is 16.8 Å². The van der Waals surface area contributed by atoms with E-state index in [2.05, 4.69) is 33.8 Å². The minimum Gasteiger partial charge on any atom is -0.276 e. The molecule has 0 radical (unpaired) electrons. The molecule has 1 rings (SSSR count). The summed E-state index contributed by atoms with van der Waals surface area (Å²) < 4.78 is 0. The first-order chi connectivity index (χ1) is 12.1. The summed E-state index contributed by atoms with van der Waals surface area (Å²) in [5.74, 6) is 0. The molecule has 0 fully saturated rings. The Labute approximate surface area is 160 Å². The van der Waals surface area contributed by atoms with Crippen LogP contribution in [-0.4, -0.2) is 5.24 Å². The van der Waals surface area contributed by atoms with E-state index in [1.807, 2.05) is 0 Å². The Morgan fingerprint density at radius 3 is 1.64 bits per heavy atom. The Morgan fingerprint density at radius 1 is 0.720 bits per heavy atom. The van der Waals surface area contributed by atoms with E-state index in [1.54, 1.807) is 0 Å². The molecule has 0 bridgehead atoms.